The summed E-state index contributed by atoms with van der Waals surface area (Å²) in [4.78, 5) is 24.6. The zero-order chi connectivity index (χ0) is 20.5. The van der Waals surface area contributed by atoms with Gasteiger partial charge in [0.05, 0.1) is 10.6 Å². The number of carbonyl (C=O) groups is 1. The van der Waals surface area contributed by atoms with Crippen LogP contribution in [-0.4, -0.2) is 15.9 Å². The van der Waals surface area contributed by atoms with Crippen molar-refractivity contribution in [3.05, 3.63) is 87.8 Å². The van der Waals surface area contributed by atoms with Crippen molar-refractivity contribution in [3.8, 4) is 11.3 Å². The van der Waals surface area contributed by atoms with Crippen molar-refractivity contribution in [1.29, 1.82) is 0 Å². The topological polar surface area (TPSA) is 88.6 Å². The summed E-state index contributed by atoms with van der Waals surface area (Å²) in [6.07, 6.45) is 1.58. The molecule has 1 aliphatic rings. The van der Waals surface area contributed by atoms with E-state index in [1.165, 1.54) is 17.0 Å². The van der Waals surface area contributed by atoms with Crippen LogP contribution in [0.1, 0.15) is 11.3 Å². The quantitative estimate of drug-likeness (QED) is 0.299. The van der Waals surface area contributed by atoms with Gasteiger partial charge in [-0.1, -0.05) is 12.1 Å². The van der Waals surface area contributed by atoms with Crippen molar-refractivity contribution in [2.75, 3.05) is 4.90 Å². The molecule has 0 unspecified atom stereocenters. The fourth-order valence-corrected chi connectivity index (χ4v) is 3.31. The van der Waals surface area contributed by atoms with Gasteiger partial charge in [-0.3, -0.25) is 19.8 Å². The molecule has 8 heteroatoms. The lowest BCUT2D eigenvalue weighted by atomic mass is 10.1. The van der Waals surface area contributed by atoms with E-state index in [0.717, 1.165) is 5.56 Å². The van der Waals surface area contributed by atoms with Gasteiger partial charge in [0.2, 0.25) is 0 Å². The molecule has 29 heavy (non-hydrogen) atoms. The zero-order valence-corrected chi connectivity index (χ0v) is 16.1. The Balaban J connectivity index is 1.58. The molecular weight excluding hydrogens is 390 g/mol. The number of hydrogen-bond donors (Lipinski definition) is 1. The number of aryl methyl sites for hydroxylation is 1. The first kappa shape index (κ1) is 18.6. The number of non-ortho nitro benzene ring substituents is 1. The number of rotatable bonds is 4. The molecule has 0 saturated carbocycles. The first-order valence-corrected chi connectivity index (χ1v) is 9.12. The number of nitrogens with one attached hydrogen (secondary N) is 1. The van der Waals surface area contributed by atoms with Gasteiger partial charge in [-0.05, 0) is 61.1 Å². The smallest absolute Gasteiger partial charge is 0.281 e. The normalized spacial score (nSPS) is 15.1. The van der Waals surface area contributed by atoms with E-state index < -0.39 is 4.92 Å². The third-order valence-electron chi connectivity index (χ3n) is 4.41. The number of benzene rings is 2. The molecular formula is C21H15N3O4S. The lowest BCUT2D eigenvalue weighted by Crippen LogP contribution is -2.30. The maximum Gasteiger partial charge on any atom is 0.281 e. The van der Waals surface area contributed by atoms with E-state index in [4.69, 9.17) is 16.6 Å². The summed E-state index contributed by atoms with van der Waals surface area (Å²) in [6, 6.07) is 17.0. The average Bonchev–Trinajstić information content (AvgIpc) is 3.26. The number of thiocarbonyl (C=S) groups is 1. The molecule has 2 aromatic carbocycles. The summed E-state index contributed by atoms with van der Waals surface area (Å²) in [6.45, 7) is 1.94. The number of nitro benzene ring substituents is 1. The molecule has 4 rings (SSSR count). The maximum atomic E-state index is 12.8. The number of amides is 1. The molecule has 2 heterocycles. The van der Waals surface area contributed by atoms with E-state index in [1.54, 1.807) is 30.3 Å². The Kier molecular flexibility index (Phi) is 4.69. The van der Waals surface area contributed by atoms with Gasteiger partial charge in [0.25, 0.3) is 11.6 Å². The van der Waals surface area contributed by atoms with Crippen LogP contribution in [0.25, 0.3) is 17.4 Å². The molecule has 0 bridgehead atoms. The largest absolute Gasteiger partial charge is 0.457 e. The van der Waals surface area contributed by atoms with Crippen LogP contribution < -0.4 is 10.2 Å². The Morgan fingerprint density at radius 3 is 2.59 bits per heavy atom. The van der Waals surface area contributed by atoms with Crippen LogP contribution in [-0.2, 0) is 4.79 Å². The summed E-state index contributed by atoms with van der Waals surface area (Å²) in [7, 11) is 0. The van der Waals surface area contributed by atoms with E-state index in [1.807, 2.05) is 31.2 Å². The fourth-order valence-electron chi connectivity index (χ4n) is 3.01. The minimum atomic E-state index is -0.456. The van der Waals surface area contributed by atoms with Gasteiger partial charge < -0.3 is 9.73 Å². The van der Waals surface area contributed by atoms with Gasteiger partial charge in [0, 0.05) is 23.8 Å². The second kappa shape index (κ2) is 7.33. The molecule has 3 aromatic rings. The predicted molar refractivity (Wildman–Crippen MR) is 113 cm³/mol. The van der Waals surface area contributed by atoms with Crippen molar-refractivity contribution < 1.29 is 14.1 Å². The van der Waals surface area contributed by atoms with Gasteiger partial charge in [0.15, 0.2) is 5.11 Å². The third-order valence-corrected chi connectivity index (χ3v) is 4.70. The SMILES string of the molecule is Cc1cccc(N2C(=O)/C(=C\c3ccc(-c4ccc([N+](=O)[O-])cc4)o3)NC2=S)c1. The van der Waals surface area contributed by atoms with Crippen LogP contribution in [0.5, 0.6) is 0 Å². The van der Waals surface area contributed by atoms with Crippen LogP contribution in [0.4, 0.5) is 11.4 Å². The van der Waals surface area contributed by atoms with Crippen LogP contribution in [0.15, 0.2) is 70.8 Å². The molecule has 1 aliphatic heterocycles. The third kappa shape index (κ3) is 3.65. The molecule has 0 aliphatic carbocycles. The van der Waals surface area contributed by atoms with Gasteiger partial charge in [-0.15, -0.1) is 0 Å². The first-order valence-electron chi connectivity index (χ1n) is 8.71. The van der Waals surface area contributed by atoms with E-state index in [-0.39, 0.29) is 11.6 Å². The lowest BCUT2D eigenvalue weighted by molar-refractivity contribution is -0.384. The summed E-state index contributed by atoms with van der Waals surface area (Å²) in [5.74, 6) is 0.729. The second-order valence-electron chi connectivity index (χ2n) is 6.47. The summed E-state index contributed by atoms with van der Waals surface area (Å²) < 4.78 is 5.78. The second-order valence-corrected chi connectivity index (χ2v) is 6.86. The van der Waals surface area contributed by atoms with Gasteiger partial charge in [-0.2, -0.15) is 0 Å². The summed E-state index contributed by atoms with van der Waals surface area (Å²) in [5.41, 5.74) is 2.73. The standard InChI is InChI=1S/C21H15N3O4S/c1-13-3-2-4-16(11-13)23-20(25)18(22-21(23)29)12-17-9-10-19(28-17)14-5-7-15(8-6-14)24(26)27/h2-12H,1H3,(H,22,29)/b18-12+. The number of anilines is 1. The highest BCUT2D eigenvalue weighted by Crippen LogP contribution is 2.27. The highest BCUT2D eigenvalue weighted by Gasteiger charge is 2.32. The van der Waals surface area contributed by atoms with Crippen molar-refractivity contribution in [2.45, 2.75) is 6.92 Å². The summed E-state index contributed by atoms with van der Waals surface area (Å²) in [5, 5.41) is 14.0. The molecule has 1 saturated heterocycles. The average molecular weight is 405 g/mol. The number of nitro groups is 1. The number of hydrogen-bond acceptors (Lipinski definition) is 5. The molecule has 1 amide bonds. The van der Waals surface area contributed by atoms with Gasteiger partial charge in [0.1, 0.15) is 17.2 Å². The highest BCUT2D eigenvalue weighted by atomic mass is 32.1. The Morgan fingerprint density at radius 1 is 1.14 bits per heavy atom. The van der Waals surface area contributed by atoms with E-state index >= 15 is 0 Å². The Bertz CT molecular complexity index is 1160. The van der Waals surface area contributed by atoms with Crippen molar-refractivity contribution in [3.63, 3.8) is 0 Å². The molecule has 1 N–H and O–H groups in total. The molecule has 0 spiro atoms. The lowest BCUT2D eigenvalue weighted by Gasteiger charge is -2.14. The van der Waals surface area contributed by atoms with Crippen LogP contribution in [0.2, 0.25) is 0 Å². The zero-order valence-electron chi connectivity index (χ0n) is 15.3. The van der Waals surface area contributed by atoms with E-state index in [2.05, 4.69) is 5.32 Å². The Labute approximate surface area is 171 Å². The van der Waals surface area contributed by atoms with Crippen molar-refractivity contribution in [2.24, 2.45) is 0 Å². The monoisotopic (exact) mass is 405 g/mol. The van der Waals surface area contributed by atoms with Gasteiger partial charge in [-0.25, -0.2) is 0 Å². The maximum absolute atomic E-state index is 12.8. The molecule has 1 fully saturated rings. The minimum Gasteiger partial charge on any atom is -0.457 e. The first-order chi connectivity index (χ1) is 13.9. The molecule has 0 radical (unpaired) electrons. The van der Waals surface area contributed by atoms with Crippen molar-refractivity contribution >= 4 is 40.7 Å². The van der Waals surface area contributed by atoms with Crippen LogP contribution >= 0.6 is 12.2 Å². The molecule has 144 valence electrons. The fraction of sp³-hybridized carbons (Fsp3) is 0.0476. The Hall–Kier alpha value is -3.78. The molecule has 7 nitrogen and oxygen atoms in total. The van der Waals surface area contributed by atoms with Gasteiger partial charge >= 0.3 is 0 Å². The van der Waals surface area contributed by atoms with Crippen molar-refractivity contribution in [1.82, 2.24) is 5.32 Å². The van der Waals surface area contributed by atoms with E-state index in [0.29, 0.717) is 33.6 Å². The molecule has 0 atom stereocenters. The van der Waals surface area contributed by atoms with Crippen LogP contribution in [0, 0.1) is 17.0 Å². The summed E-state index contributed by atoms with van der Waals surface area (Å²) >= 11 is 5.32. The van der Waals surface area contributed by atoms with E-state index in [9.17, 15) is 14.9 Å². The predicted octanol–water partition coefficient (Wildman–Crippen LogP) is 4.43. The molecule has 1 aromatic heterocycles. The highest BCUT2D eigenvalue weighted by molar-refractivity contribution is 7.80. The minimum absolute atomic E-state index is 0.00755. The van der Waals surface area contributed by atoms with Crippen LogP contribution in [0.3, 0.4) is 0 Å². The number of nitrogens with zero attached hydrogens (tertiary/aromatic N) is 2. The Morgan fingerprint density at radius 2 is 1.90 bits per heavy atom. The number of furan rings is 1. The number of carbonyl (C=O) groups excluding carboxylic acids is 1.